The van der Waals surface area contributed by atoms with Gasteiger partial charge in [0.25, 0.3) is 0 Å². The van der Waals surface area contributed by atoms with E-state index in [1.165, 1.54) is 12.8 Å². The van der Waals surface area contributed by atoms with Crippen molar-refractivity contribution in [1.29, 1.82) is 0 Å². The largest absolute Gasteiger partial charge is 0.381 e. The van der Waals surface area contributed by atoms with Crippen LogP contribution >= 0.6 is 0 Å². The van der Waals surface area contributed by atoms with E-state index >= 15 is 0 Å². The number of ether oxygens (including phenoxy) is 1. The van der Waals surface area contributed by atoms with Gasteiger partial charge in [-0.05, 0) is 109 Å². The molecular formula is C19H23OSc. The summed E-state index contributed by atoms with van der Waals surface area (Å²) in [6.07, 6.45) is 32.6. The molecule has 0 atom stereocenters. The van der Waals surface area contributed by atoms with Crippen molar-refractivity contribution in [1.82, 2.24) is 0 Å². The molecule has 4 fully saturated rings. The average molecular weight is 312 g/mol. The summed E-state index contributed by atoms with van der Waals surface area (Å²) in [6, 6.07) is 0. The van der Waals surface area contributed by atoms with Crippen LogP contribution in [0.5, 0.6) is 0 Å². The van der Waals surface area contributed by atoms with E-state index in [-0.39, 0.29) is 25.8 Å². The molecule has 21 heavy (non-hydrogen) atoms. The first-order valence-electron chi connectivity index (χ1n) is 7.08. The molecule has 0 aromatic carbocycles. The normalized spacial score (nSPS) is 22.9. The van der Waals surface area contributed by atoms with E-state index < -0.39 is 0 Å². The predicted molar refractivity (Wildman–Crippen MR) is 84.6 cm³/mol. The third kappa shape index (κ3) is 17.0. The van der Waals surface area contributed by atoms with Gasteiger partial charge in [0.1, 0.15) is 0 Å². The Bertz CT molecular complexity index is 98.0. The van der Waals surface area contributed by atoms with Crippen molar-refractivity contribution in [3.8, 4) is 0 Å². The molecule has 1 aliphatic heterocycles. The van der Waals surface area contributed by atoms with Gasteiger partial charge in [0, 0.05) is 39.1 Å². The predicted octanol–water partition coefficient (Wildman–Crippen LogP) is 3.86. The maximum absolute atomic E-state index is 4.94. The summed E-state index contributed by atoms with van der Waals surface area (Å²) < 4.78 is 4.94. The Hall–Kier alpha value is 0.830. The molecule has 1 heterocycles. The van der Waals surface area contributed by atoms with Gasteiger partial charge in [-0.2, -0.15) is 0 Å². The first-order valence-corrected chi connectivity index (χ1v) is 7.08. The minimum atomic E-state index is 0. The Morgan fingerprint density at radius 3 is 0.667 bits per heavy atom. The van der Waals surface area contributed by atoms with Crippen LogP contribution in [0.25, 0.3) is 0 Å². The van der Waals surface area contributed by atoms with Crippen LogP contribution in [-0.2, 0) is 30.6 Å². The van der Waals surface area contributed by atoms with Crippen molar-refractivity contribution in [3.63, 3.8) is 0 Å². The van der Waals surface area contributed by atoms with Crippen molar-refractivity contribution in [2.45, 2.75) is 12.8 Å². The SMILES string of the molecule is C1CCOC1.[CH]1[CH][CH][CH][CH]1.[CH]1[CH][CH][CH][CH]1.[CH]1[CH][CH][CH][CH]1.[Sc]. The quantitative estimate of drug-likeness (QED) is 0.660. The third-order valence-corrected chi connectivity index (χ3v) is 2.49. The fourth-order valence-corrected chi connectivity index (χ4v) is 1.47. The molecule has 0 aromatic rings. The van der Waals surface area contributed by atoms with Gasteiger partial charge in [0.2, 0.25) is 0 Å². The zero-order valence-electron chi connectivity index (χ0n) is 12.5. The van der Waals surface area contributed by atoms with Gasteiger partial charge in [-0.1, -0.05) is 0 Å². The molecule has 3 saturated carbocycles. The van der Waals surface area contributed by atoms with Crippen molar-refractivity contribution < 1.29 is 30.6 Å². The molecule has 0 bridgehead atoms. The second-order valence-corrected chi connectivity index (χ2v) is 4.21. The summed E-state index contributed by atoms with van der Waals surface area (Å²) in [7, 11) is 0. The van der Waals surface area contributed by atoms with Crippen LogP contribution in [0.15, 0.2) is 0 Å². The zero-order valence-corrected chi connectivity index (χ0v) is 14.3. The maximum Gasteiger partial charge on any atom is 0.0466 e. The molecule has 108 valence electrons. The smallest absolute Gasteiger partial charge is 0.0466 e. The fourth-order valence-electron chi connectivity index (χ4n) is 1.47. The van der Waals surface area contributed by atoms with E-state index in [2.05, 4.69) is 0 Å². The van der Waals surface area contributed by atoms with Gasteiger partial charge in [-0.15, -0.1) is 0 Å². The van der Waals surface area contributed by atoms with Crippen molar-refractivity contribution in [3.05, 3.63) is 96.3 Å². The standard InChI is InChI=1S/3C5H5.C4H8O.Sc/c4*1-2-4-5-3-1;/h3*1-5H;1-4H2;. The van der Waals surface area contributed by atoms with Crippen LogP contribution in [0.1, 0.15) is 12.8 Å². The second-order valence-electron chi connectivity index (χ2n) is 4.21. The molecule has 0 N–H and O–H groups in total. The van der Waals surface area contributed by atoms with Crippen molar-refractivity contribution in [2.24, 2.45) is 0 Å². The minimum Gasteiger partial charge on any atom is -0.381 e. The molecule has 4 rings (SSSR count). The first-order chi connectivity index (χ1) is 10.0. The van der Waals surface area contributed by atoms with Gasteiger partial charge in [0.05, 0.1) is 0 Å². The van der Waals surface area contributed by atoms with E-state index in [0.717, 1.165) is 13.2 Å². The summed E-state index contributed by atoms with van der Waals surface area (Å²) in [6.45, 7) is 2.00. The second kappa shape index (κ2) is 18.9. The molecule has 4 aliphatic rings. The van der Waals surface area contributed by atoms with Crippen molar-refractivity contribution in [2.75, 3.05) is 13.2 Å². The van der Waals surface area contributed by atoms with Crippen LogP contribution in [0, 0.1) is 96.3 Å². The van der Waals surface area contributed by atoms with Crippen LogP contribution in [0.2, 0.25) is 0 Å². The fraction of sp³-hybridized carbons (Fsp3) is 0.211. The molecular weight excluding hydrogens is 289 g/mol. The van der Waals surface area contributed by atoms with Gasteiger partial charge in [-0.3, -0.25) is 0 Å². The molecule has 0 unspecified atom stereocenters. The summed E-state index contributed by atoms with van der Waals surface area (Å²) in [5.41, 5.74) is 0. The van der Waals surface area contributed by atoms with E-state index in [9.17, 15) is 0 Å². The average Bonchev–Trinajstić information content (AvgIpc) is 3.40. The Labute approximate surface area is 152 Å². The zero-order chi connectivity index (χ0) is 14.1. The molecule has 2 heteroatoms. The van der Waals surface area contributed by atoms with Crippen LogP contribution in [0.4, 0.5) is 0 Å². The molecule has 0 spiro atoms. The molecule has 1 saturated heterocycles. The summed E-state index contributed by atoms with van der Waals surface area (Å²) in [5, 5.41) is 0. The van der Waals surface area contributed by atoms with Crippen LogP contribution in [-0.4, -0.2) is 13.2 Å². The minimum absolute atomic E-state index is 0. The van der Waals surface area contributed by atoms with E-state index in [1.807, 2.05) is 96.3 Å². The molecule has 3 aliphatic carbocycles. The molecule has 0 amide bonds. The summed E-state index contributed by atoms with van der Waals surface area (Å²) in [5.74, 6) is 0. The Balaban J connectivity index is 0.000000250. The van der Waals surface area contributed by atoms with Gasteiger partial charge in [-0.25, -0.2) is 0 Å². The third-order valence-electron chi connectivity index (χ3n) is 2.49. The summed E-state index contributed by atoms with van der Waals surface area (Å²) in [4.78, 5) is 0. The summed E-state index contributed by atoms with van der Waals surface area (Å²) >= 11 is 0. The number of rotatable bonds is 0. The molecule has 16 radical (unpaired) electrons. The maximum atomic E-state index is 4.94. The Morgan fingerprint density at radius 2 is 0.571 bits per heavy atom. The topological polar surface area (TPSA) is 9.23 Å². The van der Waals surface area contributed by atoms with Crippen LogP contribution in [0.3, 0.4) is 0 Å². The first kappa shape index (κ1) is 21.8. The van der Waals surface area contributed by atoms with Gasteiger partial charge >= 0.3 is 0 Å². The van der Waals surface area contributed by atoms with E-state index in [4.69, 9.17) is 4.74 Å². The monoisotopic (exact) mass is 312 g/mol. The number of hydrogen-bond acceptors (Lipinski definition) is 1. The van der Waals surface area contributed by atoms with Crippen molar-refractivity contribution >= 4 is 0 Å². The Kier molecular flexibility index (Phi) is 19.6. The number of hydrogen-bond donors (Lipinski definition) is 0. The van der Waals surface area contributed by atoms with E-state index in [0.29, 0.717) is 0 Å². The molecule has 0 aromatic heterocycles. The van der Waals surface area contributed by atoms with Gasteiger partial charge < -0.3 is 4.74 Å². The van der Waals surface area contributed by atoms with Gasteiger partial charge in [0.15, 0.2) is 0 Å². The molecule has 1 nitrogen and oxygen atoms in total. The van der Waals surface area contributed by atoms with E-state index in [1.54, 1.807) is 0 Å². The van der Waals surface area contributed by atoms with Crippen LogP contribution < -0.4 is 0 Å². The Morgan fingerprint density at radius 1 is 0.381 bits per heavy atom.